The fourth-order valence-electron chi connectivity index (χ4n) is 1.87. The molecule has 1 saturated carbocycles. The Bertz CT molecular complexity index is 594. The largest absolute Gasteiger partial charge is 0.382 e. The second-order valence-corrected chi connectivity index (χ2v) is 7.10. The van der Waals surface area contributed by atoms with E-state index < -0.39 is 0 Å². The second-order valence-electron chi connectivity index (χ2n) is 5.04. The Morgan fingerprint density at radius 1 is 1.30 bits per heavy atom. The van der Waals surface area contributed by atoms with Crippen LogP contribution in [0.4, 0.5) is 10.9 Å². The predicted molar refractivity (Wildman–Crippen MR) is 86.5 cm³/mol. The van der Waals surface area contributed by atoms with Gasteiger partial charge in [-0.2, -0.15) is 4.98 Å². The maximum absolute atomic E-state index is 6.03. The summed E-state index contributed by atoms with van der Waals surface area (Å²) in [6, 6.07) is 0.590. The van der Waals surface area contributed by atoms with E-state index in [1.165, 1.54) is 32.1 Å². The topological polar surface area (TPSA) is 76.7 Å². The molecule has 2 aromatic rings. The van der Waals surface area contributed by atoms with Crippen LogP contribution in [0, 0.1) is 0 Å². The number of anilines is 2. The number of nitrogens with one attached hydrogen (secondary N) is 1. The fourth-order valence-corrected chi connectivity index (χ4v) is 3.60. The van der Waals surface area contributed by atoms with Crippen LogP contribution < -0.4 is 11.1 Å². The zero-order valence-electron chi connectivity index (χ0n) is 11.6. The summed E-state index contributed by atoms with van der Waals surface area (Å²) in [6.45, 7) is 2.20. The molecule has 2 heterocycles. The third-order valence-corrected chi connectivity index (χ3v) is 5.08. The lowest BCUT2D eigenvalue weighted by Gasteiger charge is -2.00. The minimum atomic E-state index is 0.550. The molecule has 0 radical (unpaired) electrons. The zero-order valence-corrected chi connectivity index (χ0v) is 13.2. The van der Waals surface area contributed by atoms with Crippen LogP contribution in [0.3, 0.4) is 0 Å². The molecule has 0 bridgehead atoms. The first-order valence-electron chi connectivity index (χ1n) is 7.09. The summed E-state index contributed by atoms with van der Waals surface area (Å²) in [5.74, 6) is 1.59. The molecule has 1 aliphatic rings. The maximum Gasteiger partial charge on any atom is 0.191 e. The summed E-state index contributed by atoms with van der Waals surface area (Å²) in [6.07, 6.45) is 6.13. The molecule has 7 heteroatoms. The molecule has 2 aromatic heterocycles. The average molecular weight is 309 g/mol. The van der Waals surface area contributed by atoms with Gasteiger partial charge in [0.05, 0.1) is 0 Å². The monoisotopic (exact) mass is 309 g/mol. The first-order valence-corrected chi connectivity index (χ1v) is 8.90. The van der Waals surface area contributed by atoms with E-state index in [1.54, 1.807) is 23.1 Å². The SMILES string of the molecule is CCCCCSc1nc(N)c2sc(NC3CC3)nc2n1. The Balaban J connectivity index is 1.73. The van der Waals surface area contributed by atoms with Gasteiger partial charge in [0.15, 0.2) is 15.9 Å². The zero-order chi connectivity index (χ0) is 13.9. The van der Waals surface area contributed by atoms with E-state index in [0.29, 0.717) is 11.9 Å². The van der Waals surface area contributed by atoms with Gasteiger partial charge in [0.1, 0.15) is 10.5 Å². The van der Waals surface area contributed by atoms with Crippen molar-refractivity contribution in [2.24, 2.45) is 0 Å². The molecule has 20 heavy (non-hydrogen) atoms. The minimum Gasteiger partial charge on any atom is -0.382 e. The van der Waals surface area contributed by atoms with Crippen LogP contribution >= 0.6 is 23.1 Å². The van der Waals surface area contributed by atoms with Crippen LogP contribution in [0.25, 0.3) is 10.3 Å². The molecule has 0 unspecified atom stereocenters. The number of aromatic nitrogens is 3. The number of rotatable bonds is 7. The Hall–Kier alpha value is -1.08. The lowest BCUT2D eigenvalue weighted by Crippen LogP contribution is -1.99. The molecule has 0 spiro atoms. The standard InChI is InChI=1S/C13H19N5S2/c1-2-3-4-7-19-12-16-10(14)9-11(17-12)18-13(20-9)15-8-5-6-8/h8H,2-7H2,1H3,(H3,14,15,16,17,18). The number of fused-ring (bicyclic) bond motifs is 1. The van der Waals surface area contributed by atoms with Crippen molar-refractivity contribution in [1.82, 2.24) is 15.0 Å². The van der Waals surface area contributed by atoms with E-state index in [1.807, 2.05) is 0 Å². The van der Waals surface area contributed by atoms with Gasteiger partial charge in [0.25, 0.3) is 0 Å². The molecule has 0 saturated heterocycles. The molecule has 5 nitrogen and oxygen atoms in total. The van der Waals surface area contributed by atoms with Gasteiger partial charge in [0.2, 0.25) is 0 Å². The smallest absolute Gasteiger partial charge is 0.191 e. The van der Waals surface area contributed by atoms with Crippen LogP contribution in [0.1, 0.15) is 39.0 Å². The third-order valence-electron chi connectivity index (χ3n) is 3.14. The molecule has 3 N–H and O–H groups in total. The first-order chi connectivity index (χ1) is 9.76. The lowest BCUT2D eigenvalue weighted by molar-refractivity contribution is 0.777. The highest BCUT2D eigenvalue weighted by Gasteiger charge is 2.23. The third kappa shape index (κ3) is 3.32. The molecule has 108 valence electrons. The van der Waals surface area contributed by atoms with Gasteiger partial charge in [-0.25, -0.2) is 9.97 Å². The van der Waals surface area contributed by atoms with Crippen molar-refractivity contribution in [3.63, 3.8) is 0 Å². The summed E-state index contributed by atoms with van der Waals surface area (Å²) in [4.78, 5) is 13.4. The number of nitrogen functional groups attached to an aromatic ring is 1. The molecular weight excluding hydrogens is 290 g/mol. The van der Waals surface area contributed by atoms with Gasteiger partial charge in [-0.15, -0.1) is 0 Å². The van der Waals surface area contributed by atoms with E-state index >= 15 is 0 Å². The Kier molecular flexibility index (Phi) is 4.26. The number of nitrogens with zero attached hydrogens (tertiary/aromatic N) is 3. The van der Waals surface area contributed by atoms with Crippen LogP contribution in [0.2, 0.25) is 0 Å². The van der Waals surface area contributed by atoms with Gasteiger partial charge in [-0.05, 0) is 19.3 Å². The quantitative estimate of drug-likeness (QED) is 0.463. The van der Waals surface area contributed by atoms with Crippen molar-refractivity contribution in [1.29, 1.82) is 0 Å². The van der Waals surface area contributed by atoms with Crippen molar-refractivity contribution in [2.45, 2.75) is 50.2 Å². The predicted octanol–water partition coefficient (Wildman–Crippen LogP) is 3.53. The number of hydrogen-bond donors (Lipinski definition) is 2. The number of hydrogen-bond acceptors (Lipinski definition) is 7. The number of thiazole rings is 1. The van der Waals surface area contributed by atoms with Crippen molar-refractivity contribution in [2.75, 3.05) is 16.8 Å². The van der Waals surface area contributed by atoms with E-state index in [4.69, 9.17) is 5.73 Å². The van der Waals surface area contributed by atoms with E-state index in [-0.39, 0.29) is 0 Å². The van der Waals surface area contributed by atoms with Crippen molar-refractivity contribution in [3.8, 4) is 0 Å². The number of unbranched alkanes of at least 4 members (excludes halogenated alkanes) is 2. The number of nitrogens with two attached hydrogens (primary N) is 1. The lowest BCUT2D eigenvalue weighted by atomic mass is 10.3. The summed E-state index contributed by atoms with van der Waals surface area (Å²) in [5.41, 5.74) is 6.75. The Labute approximate surface area is 126 Å². The van der Waals surface area contributed by atoms with Crippen molar-refractivity contribution < 1.29 is 0 Å². The molecule has 0 aromatic carbocycles. The molecule has 3 rings (SSSR count). The summed E-state index contributed by atoms with van der Waals surface area (Å²) in [5, 5.41) is 5.05. The molecular formula is C13H19N5S2. The van der Waals surface area contributed by atoms with E-state index in [0.717, 1.165) is 26.4 Å². The van der Waals surface area contributed by atoms with E-state index in [9.17, 15) is 0 Å². The molecule has 0 amide bonds. The van der Waals surface area contributed by atoms with Crippen molar-refractivity contribution >= 4 is 44.4 Å². The van der Waals surface area contributed by atoms with Crippen LogP contribution in [0.15, 0.2) is 5.16 Å². The summed E-state index contributed by atoms with van der Waals surface area (Å²) >= 11 is 3.22. The molecule has 0 atom stereocenters. The van der Waals surface area contributed by atoms with Gasteiger partial charge in [0, 0.05) is 11.8 Å². The molecule has 0 aliphatic heterocycles. The van der Waals surface area contributed by atoms with Crippen LogP contribution in [0.5, 0.6) is 0 Å². The maximum atomic E-state index is 6.03. The highest BCUT2D eigenvalue weighted by atomic mass is 32.2. The van der Waals surface area contributed by atoms with Crippen LogP contribution in [-0.4, -0.2) is 26.7 Å². The van der Waals surface area contributed by atoms with Gasteiger partial charge >= 0.3 is 0 Å². The minimum absolute atomic E-state index is 0.550. The average Bonchev–Trinajstić information content (AvgIpc) is 3.13. The normalized spacial score (nSPS) is 14.8. The van der Waals surface area contributed by atoms with Gasteiger partial charge < -0.3 is 11.1 Å². The van der Waals surface area contributed by atoms with E-state index in [2.05, 4.69) is 27.2 Å². The Morgan fingerprint density at radius 3 is 2.90 bits per heavy atom. The van der Waals surface area contributed by atoms with Crippen molar-refractivity contribution in [3.05, 3.63) is 0 Å². The number of thioether (sulfide) groups is 1. The Morgan fingerprint density at radius 2 is 2.15 bits per heavy atom. The molecule has 1 aliphatic carbocycles. The van der Waals surface area contributed by atoms with Gasteiger partial charge in [-0.3, -0.25) is 0 Å². The van der Waals surface area contributed by atoms with Gasteiger partial charge in [-0.1, -0.05) is 42.9 Å². The second kappa shape index (κ2) is 6.13. The van der Waals surface area contributed by atoms with Crippen LogP contribution in [-0.2, 0) is 0 Å². The highest BCUT2D eigenvalue weighted by Crippen LogP contribution is 2.33. The summed E-state index contributed by atoms with van der Waals surface area (Å²) in [7, 11) is 0. The molecule has 1 fully saturated rings. The highest BCUT2D eigenvalue weighted by molar-refractivity contribution is 7.99. The summed E-state index contributed by atoms with van der Waals surface area (Å²) < 4.78 is 0.894. The first kappa shape index (κ1) is 13.9. The fraction of sp³-hybridized carbons (Fsp3) is 0.615.